The van der Waals surface area contributed by atoms with Crippen molar-refractivity contribution in [2.24, 2.45) is 5.73 Å². The van der Waals surface area contributed by atoms with Gasteiger partial charge >= 0.3 is 5.97 Å². The third-order valence-electron chi connectivity index (χ3n) is 2.22. The van der Waals surface area contributed by atoms with Crippen LogP contribution >= 0.6 is 31.9 Å². The second-order valence-electron chi connectivity index (χ2n) is 3.67. The lowest BCUT2D eigenvalue weighted by Gasteiger charge is -2.14. The highest BCUT2D eigenvalue weighted by atomic mass is 79.9. The summed E-state index contributed by atoms with van der Waals surface area (Å²) in [5.74, 6) is -1.68. The monoisotopic (exact) mass is 394 g/mol. The number of benzene rings is 1. The Balaban J connectivity index is 3.06. The summed E-state index contributed by atoms with van der Waals surface area (Å²) < 4.78 is 5.79. The molecule has 0 aliphatic heterocycles. The van der Waals surface area contributed by atoms with E-state index in [0.29, 0.717) is 8.95 Å². The van der Waals surface area contributed by atoms with Gasteiger partial charge in [0.05, 0.1) is 17.9 Å². The first-order valence-corrected chi connectivity index (χ1v) is 6.73. The molecule has 0 spiro atoms. The average molecular weight is 396 g/mol. The highest BCUT2D eigenvalue weighted by molar-refractivity contribution is 9.11. The summed E-state index contributed by atoms with van der Waals surface area (Å²) >= 11 is 6.39. The van der Waals surface area contributed by atoms with Crippen LogP contribution in [0.3, 0.4) is 0 Å². The number of anilines is 1. The lowest BCUT2D eigenvalue weighted by atomic mass is 10.1. The summed E-state index contributed by atoms with van der Waals surface area (Å²) in [5.41, 5.74) is 5.69. The maximum atomic E-state index is 11.8. The van der Waals surface area contributed by atoms with Crippen LogP contribution in [-0.2, 0) is 9.53 Å². The van der Waals surface area contributed by atoms with Gasteiger partial charge in [-0.2, -0.15) is 0 Å². The van der Waals surface area contributed by atoms with Crippen LogP contribution in [0.15, 0.2) is 21.1 Å². The Kier molecular flexibility index (Phi) is 5.92. The third-order valence-corrected chi connectivity index (χ3v) is 3.30. The predicted molar refractivity (Wildman–Crippen MR) is 77.3 cm³/mol. The first-order valence-electron chi connectivity index (χ1n) is 5.14. The molecule has 1 atom stereocenters. The zero-order valence-electron chi connectivity index (χ0n) is 9.94. The van der Waals surface area contributed by atoms with Crippen molar-refractivity contribution in [2.75, 3.05) is 19.0 Å². The number of carboxylic acids is 1. The highest BCUT2D eigenvalue weighted by Gasteiger charge is 2.20. The third kappa shape index (κ3) is 4.27. The molecule has 1 unspecified atom stereocenters. The topological polar surface area (TPSA) is 102 Å². The van der Waals surface area contributed by atoms with E-state index >= 15 is 0 Å². The van der Waals surface area contributed by atoms with E-state index in [-0.39, 0.29) is 17.9 Å². The molecule has 19 heavy (non-hydrogen) atoms. The van der Waals surface area contributed by atoms with Crippen molar-refractivity contribution in [1.82, 2.24) is 0 Å². The van der Waals surface area contributed by atoms with Crippen LogP contribution in [-0.4, -0.2) is 36.7 Å². The van der Waals surface area contributed by atoms with Crippen molar-refractivity contribution >= 4 is 49.4 Å². The molecule has 8 heteroatoms. The largest absolute Gasteiger partial charge is 0.478 e. The van der Waals surface area contributed by atoms with Crippen LogP contribution in [0.1, 0.15) is 10.4 Å². The van der Waals surface area contributed by atoms with Crippen molar-refractivity contribution in [1.29, 1.82) is 0 Å². The smallest absolute Gasteiger partial charge is 0.337 e. The van der Waals surface area contributed by atoms with Gasteiger partial charge in [-0.05, 0) is 28.1 Å². The molecule has 1 aromatic rings. The number of nitrogens with one attached hydrogen (secondary N) is 1. The Morgan fingerprint density at radius 2 is 2.11 bits per heavy atom. The average Bonchev–Trinajstić information content (AvgIpc) is 2.32. The van der Waals surface area contributed by atoms with Gasteiger partial charge in [0.25, 0.3) is 0 Å². The van der Waals surface area contributed by atoms with E-state index < -0.39 is 17.9 Å². The van der Waals surface area contributed by atoms with E-state index in [0.717, 1.165) is 0 Å². The number of hydrogen-bond donors (Lipinski definition) is 3. The molecule has 4 N–H and O–H groups in total. The van der Waals surface area contributed by atoms with E-state index in [1.807, 2.05) is 0 Å². The lowest BCUT2D eigenvalue weighted by Crippen LogP contribution is -2.39. The number of aromatic carboxylic acids is 1. The minimum atomic E-state index is -1.15. The molecule has 0 saturated heterocycles. The molecule has 0 aromatic heterocycles. The summed E-state index contributed by atoms with van der Waals surface area (Å²) in [7, 11) is 1.42. The summed E-state index contributed by atoms with van der Waals surface area (Å²) in [4.78, 5) is 22.9. The number of halogens is 2. The molecule has 0 heterocycles. The molecule has 6 nitrogen and oxygen atoms in total. The van der Waals surface area contributed by atoms with Crippen LogP contribution < -0.4 is 11.1 Å². The maximum Gasteiger partial charge on any atom is 0.337 e. The molecule has 104 valence electrons. The van der Waals surface area contributed by atoms with Gasteiger partial charge < -0.3 is 20.9 Å². The number of methoxy groups -OCH3 is 1. The SMILES string of the molecule is COCC(N)C(=O)Nc1c(Br)cc(Br)cc1C(=O)O. The van der Waals surface area contributed by atoms with Gasteiger partial charge in [0.1, 0.15) is 6.04 Å². The van der Waals surface area contributed by atoms with E-state index in [9.17, 15) is 9.59 Å². The predicted octanol–water partition coefficient (Wildman–Crippen LogP) is 1.82. The molecule has 0 saturated carbocycles. The summed E-state index contributed by atoms with van der Waals surface area (Å²) in [6.45, 7) is 0.0440. The van der Waals surface area contributed by atoms with Gasteiger partial charge in [-0.15, -0.1) is 0 Å². The fraction of sp³-hybridized carbons (Fsp3) is 0.273. The number of carbonyl (C=O) groups excluding carboxylic acids is 1. The van der Waals surface area contributed by atoms with Gasteiger partial charge in [-0.25, -0.2) is 4.79 Å². The van der Waals surface area contributed by atoms with Gasteiger partial charge in [-0.3, -0.25) is 4.79 Å². The zero-order valence-corrected chi connectivity index (χ0v) is 13.1. The number of amides is 1. The van der Waals surface area contributed by atoms with Gasteiger partial charge in [0.15, 0.2) is 0 Å². The number of ether oxygens (including phenoxy) is 1. The van der Waals surface area contributed by atoms with Crippen LogP contribution in [0.2, 0.25) is 0 Å². The summed E-state index contributed by atoms with van der Waals surface area (Å²) in [5, 5.41) is 11.6. The maximum absolute atomic E-state index is 11.8. The van der Waals surface area contributed by atoms with Gasteiger partial charge in [-0.1, -0.05) is 15.9 Å². The van der Waals surface area contributed by atoms with E-state index in [2.05, 4.69) is 37.2 Å². The Bertz CT molecular complexity index is 508. The second kappa shape index (κ2) is 6.99. The van der Waals surface area contributed by atoms with Gasteiger partial charge in [0, 0.05) is 16.1 Å². The van der Waals surface area contributed by atoms with E-state index in [4.69, 9.17) is 15.6 Å². The number of rotatable bonds is 5. The molecule has 1 rings (SSSR count). The van der Waals surface area contributed by atoms with E-state index in [1.54, 1.807) is 6.07 Å². The quantitative estimate of drug-likeness (QED) is 0.705. The molecule has 1 amide bonds. The minimum Gasteiger partial charge on any atom is -0.478 e. The number of nitrogens with two attached hydrogens (primary N) is 1. The molecule has 0 aliphatic carbocycles. The van der Waals surface area contributed by atoms with Crippen LogP contribution in [0.5, 0.6) is 0 Å². The summed E-state index contributed by atoms with van der Waals surface area (Å²) in [6.07, 6.45) is 0. The molecular weight excluding hydrogens is 384 g/mol. The second-order valence-corrected chi connectivity index (χ2v) is 5.44. The first-order chi connectivity index (χ1) is 8.86. The van der Waals surface area contributed by atoms with Crippen molar-refractivity contribution in [3.8, 4) is 0 Å². The lowest BCUT2D eigenvalue weighted by molar-refractivity contribution is -0.118. The van der Waals surface area contributed by atoms with Crippen molar-refractivity contribution in [3.05, 3.63) is 26.6 Å². The van der Waals surface area contributed by atoms with E-state index in [1.165, 1.54) is 13.2 Å². The van der Waals surface area contributed by atoms with Crippen molar-refractivity contribution < 1.29 is 19.4 Å². The molecule has 0 aliphatic rings. The summed E-state index contributed by atoms with van der Waals surface area (Å²) in [6, 6.07) is 2.15. The highest BCUT2D eigenvalue weighted by Crippen LogP contribution is 2.30. The fourth-order valence-electron chi connectivity index (χ4n) is 1.34. The molecular formula is C11H12Br2N2O4. The number of carbonyl (C=O) groups is 2. The zero-order chi connectivity index (χ0) is 14.6. The Labute approximate surface area is 126 Å². The standard InChI is InChI=1S/C11H12Br2N2O4/c1-19-4-8(14)10(16)15-9-6(11(17)18)2-5(12)3-7(9)13/h2-3,8H,4,14H2,1H3,(H,15,16)(H,17,18). The van der Waals surface area contributed by atoms with Crippen molar-refractivity contribution in [3.63, 3.8) is 0 Å². The molecule has 0 radical (unpaired) electrons. The van der Waals surface area contributed by atoms with Crippen LogP contribution in [0.25, 0.3) is 0 Å². The van der Waals surface area contributed by atoms with Gasteiger partial charge in [0.2, 0.25) is 5.91 Å². The molecule has 0 fully saturated rings. The Morgan fingerprint density at radius 3 is 2.63 bits per heavy atom. The fourth-order valence-corrected chi connectivity index (χ4v) is 2.66. The minimum absolute atomic E-state index is 0.0424. The van der Waals surface area contributed by atoms with Crippen molar-refractivity contribution in [2.45, 2.75) is 6.04 Å². The number of carboxylic acid groups (broad SMARTS) is 1. The normalized spacial score (nSPS) is 12.0. The van der Waals surface area contributed by atoms with Crippen LogP contribution in [0.4, 0.5) is 5.69 Å². The molecule has 1 aromatic carbocycles. The Hall–Kier alpha value is -0.960. The Morgan fingerprint density at radius 1 is 1.47 bits per heavy atom. The molecule has 0 bridgehead atoms. The first kappa shape index (κ1) is 16.1. The van der Waals surface area contributed by atoms with Crippen LogP contribution in [0, 0.1) is 0 Å². The number of hydrogen-bond acceptors (Lipinski definition) is 4.